The number of rotatable bonds is 5. The predicted molar refractivity (Wildman–Crippen MR) is 138 cm³/mol. The Morgan fingerprint density at radius 1 is 1.09 bits per heavy atom. The molecule has 9 nitrogen and oxygen atoms in total. The zero-order chi connectivity index (χ0) is 22.3. The number of carbonyl (C=O) groups is 2. The molecule has 3 heterocycles. The molecule has 0 unspecified atom stereocenters. The Morgan fingerprint density at radius 3 is 2.45 bits per heavy atom. The molecule has 33 heavy (non-hydrogen) atoms. The molecule has 1 aromatic heterocycles. The van der Waals surface area contributed by atoms with Crippen LogP contribution in [0.1, 0.15) is 23.0 Å². The normalized spacial score (nSPS) is 16.8. The van der Waals surface area contributed by atoms with Crippen LogP contribution in [0.3, 0.4) is 0 Å². The van der Waals surface area contributed by atoms with E-state index in [1.807, 2.05) is 4.90 Å². The van der Waals surface area contributed by atoms with Crippen molar-refractivity contribution in [3.05, 3.63) is 54.0 Å². The van der Waals surface area contributed by atoms with E-state index in [-0.39, 0.29) is 35.8 Å². The summed E-state index contributed by atoms with van der Waals surface area (Å²) >= 11 is 0. The molecule has 0 spiro atoms. The third kappa shape index (κ3) is 6.40. The summed E-state index contributed by atoms with van der Waals surface area (Å²) in [5.74, 6) is 1.23. The van der Waals surface area contributed by atoms with E-state index in [0.29, 0.717) is 51.6 Å². The first kappa shape index (κ1) is 24.9. The summed E-state index contributed by atoms with van der Waals surface area (Å²) < 4.78 is 5.24. The first-order chi connectivity index (χ1) is 15.6. The van der Waals surface area contributed by atoms with Gasteiger partial charge in [0.2, 0.25) is 5.91 Å². The zero-order valence-corrected chi connectivity index (χ0v) is 21.2. The summed E-state index contributed by atoms with van der Waals surface area (Å²) in [4.78, 5) is 35.0. The van der Waals surface area contributed by atoms with Crippen molar-refractivity contribution < 1.29 is 14.0 Å². The van der Waals surface area contributed by atoms with Gasteiger partial charge in [0.15, 0.2) is 11.7 Å². The maximum Gasteiger partial charge on any atom is 0.289 e. The van der Waals surface area contributed by atoms with Crippen molar-refractivity contribution in [3.63, 3.8) is 0 Å². The van der Waals surface area contributed by atoms with Gasteiger partial charge in [0.25, 0.3) is 5.91 Å². The van der Waals surface area contributed by atoms with E-state index >= 15 is 0 Å². The number of furan rings is 1. The predicted octanol–water partition coefficient (Wildman–Crippen LogP) is 1.76. The number of benzene rings is 1. The molecule has 2 saturated heterocycles. The van der Waals surface area contributed by atoms with Crippen LogP contribution in [0.2, 0.25) is 0 Å². The van der Waals surface area contributed by atoms with Crippen molar-refractivity contribution in [2.45, 2.75) is 13.5 Å². The summed E-state index contributed by atoms with van der Waals surface area (Å²) in [5, 5.41) is 6.21. The van der Waals surface area contributed by atoms with Crippen LogP contribution in [-0.4, -0.2) is 79.9 Å². The summed E-state index contributed by atoms with van der Waals surface area (Å²) in [7, 11) is 0. The van der Waals surface area contributed by atoms with Crippen molar-refractivity contribution in [2.24, 2.45) is 4.99 Å². The standard InChI is InChI=1S/C23H30N6O3.HI/c1-2-24-23(28-13-11-27(12-14-28)22(31)20-4-3-15-32-20)26-16-18-5-7-19(8-6-18)29-10-9-25-21(30)17-29;/h3-8,15H,2,9-14,16-17H2,1H3,(H,24,26)(H,25,30);1H. The largest absolute Gasteiger partial charge is 0.459 e. The Hall–Kier alpha value is -2.76. The van der Waals surface area contributed by atoms with Crippen LogP contribution in [0.4, 0.5) is 5.69 Å². The highest BCUT2D eigenvalue weighted by molar-refractivity contribution is 14.0. The van der Waals surface area contributed by atoms with Crippen LogP contribution in [-0.2, 0) is 11.3 Å². The van der Waals surface area contributed by atoms with E-state index in [4.69, 9.17) is 9.41 Å². The summed E-state index contributed by atoms with van der Waals surface area (Å²) in [5.41, 5.74) is 2.16. The number of hydrogen-bond donors (Lipinski definition) is 2. The fraction of sp³-hybridized carbons (Fsp3) is 0.435. The van der Waals surface area contributed by atoms with Gasteiger partial charge in [0, 0.05) is 51.5 Å². The van der Waals surface area contributed by atoms with Crippen LogP contribution in [0, 0.1) is 0 Å². The quantitative estimate of drug-likeness (QED) is 0.326. The second-order valence-electron chi connectivity index (χ2n) is 7.86. The van der Waals surface area contributed by atoms with Crippen LogP contribution in [0.15, 0.2) is 52.1 Å². The SMILES string of the molecule is CCNC(=NCc1ccc(N2CCNC(=O)C2)cc1)N1CCN(C(=O)c2ccco2)CC1.I. The molecule has 178 valence electrons. The van der Waals surface area contributed by atoms with Gasteiger partial charge >= 0.3 is 0 Å². The number of halogens is 1. The average molecular weight is 566 g/mol. The average Bonchev–Trinajstić information content (AvgIpc) is 3.37. The number of nitrogens with one attached hydrogen (secondary N) is 2. The first-order valence-corrected chi connectivity index (χ1v) is 11.1. The van der Waals surface area contributed by atoms with Crippen LogP contribution in [0.5, 0.6) is 0 Å². The molecule has 2 aliphatic rings. The van der Waals surface area contributed by atoms with E-state index < -0.39 is 0 Å². The number of amides is 2. The van der Waals surface area contributed by atoms with Crippen molar-refractivity contribution in [3.8, 4) is 0 Å². The molecule has 2 amide bonds. The topological polar surface area (TPSA) is 93.4 Å². The lowest BCUT2D eigenvalue weighted by Crippen LogP contribution is -2.53. The highest BCUT2D eigenvalue weighted by Gasteiger charge is 2.25. The molecule has 2 N–H and O–H groups in total. The first-order valence-electron chi connectivity index (χ1n) is 11.1. The lowest BCUT2D eigenvalue weighted by Gasteiger charge is -2.36. The molecule has 0 radical (unpaired) electrons. The second-order valence-corrected chi connectivity index (χ2v) is 7.86. The number of piperazine rings is 2. The Kier molecular flexibility index (Phi) is 8.98. The molecule has 2 aromatic rings. The third-order valence-electron chi connectivity index (χ3n) is 5.68. The molecule has 1 aromatic carbocycles. The molecule has 0 saturated carbocycles. The number of aliphatic imine (C=N–C) groups is 1. The van der Waals surface area contributed by atoms with Crippen LogP contribution < -0.4 is 15.5 Å². The minimum absolute atomic E-state index is 0. The van der Waals surface area contributed by atoms with E-state index in [1.54, 1.807) is 12.1 Å². The number of hydrogen-bond acceptors (Lipinski definition) is 5. The number of anilines is 1. The van der Waals surface area contributed by atoms with Crippen LogP contribution in [0.25, 0.3) is 0 Å². The van der Waals surface area contributed by atoms with Gasteiger partial charge < -0.3 is 29.8 Å². The van der Waals surface area contributed by atoms with Gasteiger partial charge in [0.05, 0.1) is 19.4 Å². The highest BCUT2D eigenvalue weighted by Crippen LogP contribution is 2.17. The summed E-state index contributed by atoms with van der Waals surface area (Å²) in [6.07, 6.45) is 1.52. The van der Waals surface area contributed by atoms with Crippen molar-refractivity contribution in [1.82, 2.24) is 20.4 Å². The molecular weight excluding hydrogens is 535 g/mol. The summed E-state index contributed by atoms with van der Waals surface area (Å²) in [6, 6.07) is 11.7. The number of guanidine groups is 1. The maximum atomic E-state index is 12.5. The minimum Gasteiger partial charge on any atom is -0.459 e. The van der Waals surface area contributed by atoms with E-state index in [2.05, 4.69) is 51.6 Å². The molecule has 10 heteroatoms. The fourth-order valence-electron chi connectivity index (χ4n) is 3.94. The molecule has 0 atom stereocenters. The highest BCUT2D eigenvalue weighted by atomic mass is 127. The third-order valence-corrected chi connectivity index (χ3v) is 5.68. The molecular formula is C23H31IN6O3. The monoisotopic (exact) mass is 566 g/mol. The van der Waals surface area contributed by atoms with Crippen molar-refractivity contribution in [2.75, 3.05) is 57.3 Å². The number of carbonyl (C=O) groups excluding carboxylic acids is 2. The second kappa shape index (κ2) is 11.9. The zero-order valence-electron chi connectivity index (χ0n) is 18.8. The van der Waals surface area contributed by atoms with Crippen molar-refractivity contribution in [1.29, 1.82) is 0 Å². The lowest BCUT2D eigenvalue weighted by molar-refractivity contribution is -0.120. The fourth-order valence-corrected chi connectivity index (χ4v) is 3.94. The van der Waals surface area contributed by atoms with E-state index in [0.717, 1.165) is 30.3 Å². The molecule has 2 aliphatic heterocycles. The van der Waals surface area contributed by atoms with Gasteiger partial charge in [-0.05, 0) is 36.8 Å². The molecule has 0 aliphatic carbocycles. The minimum atomic E-state index is -0.0668. The summed E-state index contributed by atoms with van der Waals surface area (Å²) in [6.45, 7) is 7.98. The maximum absolute atomic E-state index is 12.5. The van der Waals surface area contributed by atoms with Crippen molar-refractivity contribution >= 4 is 47.4 Å². The molecule has 4 rings (SSSR count). The van der Waals surface area contributed by atoms with E-state index in [9.17, 15) is 9.59 Å². The van der Waals surface area contributed by atoms with Gasteiger partial charge in [-0.15, -0.1) is 24.0 Å². The van der Waals surface area contributed by atoms with Gasteiger partial charge in [-0.1, -0.05) is 12.1 Å². The smallest absolute Gasteiger partial charge is 0.289 e. The van der Waals surface area contributed by atoms with E-state index in [1.165, 1.54) is 6.26 Å². The van der Waals surface area contributed by atoms with Gasteiger partial charge in [-0.2, -0.15) is 0 Å². The Morgan fingerprint density at radius 2 is 1.82 bits per heavy atom. The lowest BCUT2D eigenvalue weighted by atomic mass is 10.2. The molecule has 2 fully saturated rings. The Labute approximate surface area is 211 Å². The van der Waals surface area contributed by atoms with Crippen LogP contribution >= 0.6 is 24.0 Å². The Bertz CT molecular complexity index is 940. The van der Waals surface area contributed by atoms with Gasteiger partial charge in [-0.25, -0.2) is 4.99 Å². The Balaban J connectivity index is 0.00000306. The molecule has 0 bridgehead atoms. The van der Waals surface area contributed by atoms with Gasteiger partial charge in [0.1, 0.15) is 0 Å². The van der Waals surface area contributed by atoms with Gasteiger partial charge in [-0.3, -0.25) is 9.59 Å². The number of nitrogens with zero attached hydrogens (tertiary/aromatic N) is 4.